The second-order valence-corrected chi connectivity index (χ2v) is 3.81. The third-order valence-corrected chi connectivity index (χ3v) is 2.71. The van der Waals surface area contributed by atoms with Crippen LogP contribution in [-0.2, 0) is 0 Å². The fraction of sp³-hybridized carbons (Fsp3) is 0. The van der Waals surface area contributed by atoms with Crippen LogP contribution in [0.5, 0.6) is 0 Å². The van der Waals surface area contributed by atoms with Gasteiger partial charge in [-0.05, 0) is 29.8 Å². The molecule has 0 saturated heterocycles. The highest BCUT2D eigenvalue weighted by Gasteiger charge is 2.14. The molecule has 0 saturated carbocycles. The number of aromatic nitrogens is 1. The van der Waals surface area contributed by atoms with Crippen LogP contribution < -0.4 is 5.32 Å². The first-order valence-corrected chi connectivity index (χ1v) is 5.38. The van der Waals surface area contributed by atoms with Gasteiger partial charge in [-0.25, -0.2) is 0 Å². The van der Waals surface area contributed by atoms with E-state index in [1.54, 1.807) is 18.3 Å². The number of carbonyl (C=O) groups excluding carboxylic acids is 1. The number of amides is 1. The Morgan fingerprint density at radius 3 is 2.82 bits per heavy atom. The van der Waals surface area contributed by atoms with Crippen LogP contribution in [0.3, 0.4) is 0 Å². The third-order valence-electron chi connectivity index (χ3n) is 2.71. The quantitative estimate of drug-likeness (QED) is 0.744. The zero-order valence-corrected chi connectivity index (χ0v) is 9.05. The Labute approximate surface area is 98.8 Å². The average Bonchev–Trinajstić information content (AvgIpc) is 2.36. The Hall–Kier alpha value is -2.42. The van der Waals surface area contributed by atoms with Crippen molar-refractivity contribution in [1.29, 1.82) is 0 Å². The normalized spacial score (nSPS) is 14.9. The number of rotatable bonds is 0. The molecule has 17 heavy (non-hydrogen) atoms. The van der Waals surface area contributed by atoms with Gasteiger partial charge in [-0.2, -0.15) is 0 Å². The van der Waals surface area contributed by atoms with Crippen molar-refractivity contribution in [3.8, 4) is 0 Å². The topological polar surface area (TPSA) is 42.0 Å². The molecule has 0 aliphatic carbocycles. The molecule has 2 heterocycles. The van der Waals surface area contributed by atoms with E-state index in [1.807, 2.05) is 36.4 Å². The summed E-state index contributed by atoms with van der Waals surface area (Å²) in [5.41, 5.74) is 3.10. The molecule has 1 aromatic carbocycles. The molecule has 2 aromatic rings. The summed E-state index contributed by atoms with van der Waals surface area (Å²) in [6, 6.07) is 11.2. The second-order valence-electron chi connectivity index (χ2n) is 3.81. The minimum absolute atomic E-state index is 0.120. The smallest absolute Gasteiger partial charge is 0.257 e. The third kappa shape index (κ3) is 1.72. The van der Waals surface area contributed by atoms with Crippen LogP contribution in [0.4, 0.5) is 5.69 Å². The van der Waals surface area contributed by atoms with E-state index in [1.165, 1.54) is 0 Å². The summed E-state index contributed by atoms with van der Waals surface area (Å²) < 4.78 is 0. The highest BCUT2D eigenvalue weighted by atomic mass is 16.1. The maximum absolute atomic E-state index is 12.0. The summed E-state index contributed by atoms with van der Waals surface area (Å²) in [6.45, 7) is 0. The van der Waals surface area contributed by atoms with E-state index in [4.69, 9.17) is 0 Å². The van der Waals surface area contributed by atoms with Crippen molar-refractivity contribution in [2.45, 2.75) is 0 Å². The van der Waals surface area contributed by atoms with Gasteiger partial charge < -0.3 is 5.32 Å². The number of nitrogens with one attached hydrogen (secondary N) is 1. The number of carbonyl (C=O) groups is 1. The maximum Gasteiger partial charge on any atom is 0.257 e. The molecule has 0 radical (unpaired) electrons. The van der Waals surface area contributed by atoms with E-state index < -0.39 is 0 Å². The molecule has 1 aliphatic heterocycles. The minimum atomic E-state index is -0.120. The number of fused-ring (bicyclic) bond motifs is 2. The molecule has 0 atom stereocenters. The lowest BCUT2D eigenvalue weighted by Gasteiger charge is -2.12. The van der Waals surface area contributed by atoms with Crippen LogP contribution in [0, 0.1) is 0 Å². The van der Waals surface area contributed by atoms with Crippen LogP contribution in [0.25, 0.3) is 12.2 Å². The van der Waals surface area contributed by atoms with Crippen molar-refractivity contribution in [2.75, 3.05) is 5.32 Å². The maximum atomic E-state index is 12.0. The van der Waals surface area contributed by atoms with Crippen LogP contribution in [-0.4, -0.2) is 10.9 Å². The number of hydrogen-bond acceptors (Lipinski definition) is 2. The molecule has 3 heteroatoms. The number of anilines is 1. The van der Waals surface area contributed by atoms with Crippen LogP contribution in [0.15, 0.2) is 42.6 Å². The molecular formula is C14H10N2O. The van der Waals surface area contributed by atoms with E-state index in [9.17, 15) is 4.79 Å². The van der Waals surface area contributed by atoms with Gasteiger partial charge in [0.15, 0.2) is 0 Å². The number of benzene rings is 1. The van der Waals surface area contributed by atoms with Gasteiger partial charge in [0.25, 0.3) is 5.91 Å². The van der Waals surface area contributed by atoms with Crippen molar-refractivity contribution in [3.05, 3.63) is 59.4 Å². The monoisotopic (exact) mass is 222 g/mol. The zero-order valence-electron chi connectivity index (χ0n) is 9.05. The number of pyridine rings is 1. The molecule has 1 aromatic heterocycles. The lowest BCUT2D eigenvalue weighted by atomic mass is 10.1. The van der Waals surface area contributed by atoms with Crippen molar-refractivity contribution >= 4 is 23.7 Å². The Morgan fingerprint density at radius 2 is 1.88 bits per heavy atom. The Balaban J connectivity index is 2.19. The fourth-order valence-electron chi connectivity index (χ4n) is 1.86. The first kappa shape index (κ1) is 9.78. The predicted molar refractivity (Wildman–Crippen MR) is 67.6 cm³/mol. The number of hydrogen-bond donors (Lipinski definition) is 1. The summed E-state index contributed by atoms with van der Waals surface area (Å²) in [7, 11) is 0. The van der Waals surface area contributed by atoms with E-state index in [0.29, 0.717) is 11.3 Å². The summed E-state index contributed by atoms with van der Waals surface area (Å²) in [5.74, 6) is -0.120. The molecule has 82 valence electrons. The largest absolute Gasteiger partial charge is 0.321 e. The SMILES string of the molecule is O=C1Nc2ccccc2/C=C\c2ncccc21. The standard InChI is InChI=1S/C14H10N2O/c17-14-11-5-3-9-15-13(11)8-7-10-4-1-2-6-12(10)16-14/h1-9H,(H,16,17). The van der Waals surface area contributed by atoms with Gasteiger partial charge in [0.1, 0.15) is 0 Å². The molecule has 1 amide bonds. The van der Waals surface area contributed by atoms with Gasteiger partial charge >= 0.3 is 0 Å². The predicted octanol–water partition coefficient (Wildman–Crippen LogP) is 2.82. The van der Waals surface area contributed by atoms with Crippen molar-refractivity contribution in [2.24, 2.45) is 0 Å². The molecule has 0 unspecified atom stereocenters. The lowest BCUT2D eigenvalue weighted by molar-refractivity contribution is 0.102. The molecule has 0 bridgehead atoms. The van der Waals surface area contributed by atoms with E-state index >= 15 is 0 Å². The lowest BCUT2D eigenvalue weighted by Crippen LogP contribution is -2.15. The molecule has 0 fully saturated rings. The van der Waals surface area contributed by atoms with Gasteiger partial charge in [0.2, 0.25) is 0 Å². The summed E-state index contributed by atoms with van der Waals surface area (Å²) in [5, 5.41) is 2.89. The average molecular weight is 222 g/mol. The summed E-state index contributed by atoms with van der Waals surface area (Å²) in [6.07, 6.45) is 5.51. The van der Waals surface area contributed by atoms with Crippen LogP contribution in [0.1, 0.15) is 21.6 Å². The number of nitrogens with zero attached hydrogens (tertiary/aromatic N) is 1. The van der Waals surface area contributed by atoms with Crippen LogP contribution >= 0.6 is 0 Å². The minimum Gasteiger partial charge on any atom is -0.321 e. The van der Waals surface area contributed by atoms with Gasteiger partial charge in [0, 0.05) is 11.9 Å². The molecule has 3 rings (SSSR count). The van der Waals surface area contributed by atoms with E-state index in [-0.39, 0.29) is 5.91 Å². The van der Waals surface area contributed by atoms with Gasteiger partial charge in [0.05, 0.1) is 11.3 Å². The Kier molecular flexibility index (Phi) is 2.22. The summed E-state index contributed by atoms with van der Waals surface area (Å²) >= 11 is 0. The highest BCUT2D eigenvalue weighted by molar-refractivity contribution is 6.08. The van der Waals surface area contributed by atoms with Crippen molar-refractivity contribution < 1.29 is 4.79 Å². The van der Waals surface area contributed by atoms with Crippen molar-refractivity contribution in [1.82, 2.24) is 4.98 Å². The number of para-hydroxylation sites is 1. The van der Waals surface area contributed by atoms with Crippen LogP contribution in [0.2, 0.25) is 0 Å². The highest BCUT2D eigenvalue weighted by Crippen LogP contribution is 2.22. The Morgan fingerprint density at radius 1 is 1.00 bits per heavy atom. The van der Waals surface area contributed by atoms with E-state index in [0.717, 1.165) is 11.3 Å². The van der Waals surface area contributed by atoms with Gasteiger partial charge in [-0.15, -0.1) is 0 Å². The first-order valence-electron chi connectivity index (χ1n) is 5.38. The molecular weight excluding hydrogens is 212 g/mol. The summed E-state index contributed by atoms with van der Waals surface area (Å²) in [4.78, 5) is 16.2. The van der Waals surface area contributed by atoms with Crippen molar-refractivity contribution in [3.63, 3.8) is 0 Å². The molecule has 0 spiro atoms. The first-order chi connectivity index (χ1) is 8.34. The van der Waals surface area contributed by atoms with Gasteiger partial charge in [-0.3, -0.25) is 9.78 Å². The van der Waals surface area contributed by atoms with E-state index in [2.05, 4.69) is 10.3 Å². The molecule has 1 N–H and O–H groups in total. The van der Waals surface area contributed by atoms with Gasteiger partial charge in [-0.1, -0.05) is 24.3 Å². The fourth-order valence-corrected chi connectivity index (χ4v) is 1.86. The zero-order chi connectivity index (χ0) is 11.7. The molecule has 1 aliphatic rings. The Bertz CT molecular complexity index is 617. The molecule has 3 nitrogen and oxygen atoms in total. The second kappa shape index (κ2) is 3.87.